The van der Waals surface area contributed by atoms with Crippen molar-refractivity contribution in [1.29, 1.82) is 0 Å². The highest BCUT2D eigenvalue weighted by molar-refractivity contribution is 7.09. The van der Waals surface area contributed by atoms with Gasteiger partial charge in [-0.15, -0.1) is 11.3 Å². The lowest BCUT2D eigenvalue weighted by Crippen LogP contribution is -2.21. The molecule has 0 saturated heterocycles. The summed E-state index contributed by atoms with van der Waals surface area (Å²) in [6.07, 6.45) is 2.90. The van der Waals surface area contributed by atoms with Crippen LogP contribution in [0.4, 0.5) is 0 Å². The number of nitrogens with zero attached hydrogens (tertiary/aromatic N) is 1. The van der Waals surface area contributed by atoms with Crippen LogP contribution in [0.2, 0.25) is 0 Å². The predicted octanol–water partition coefficient (Wildman–Crippen LogP) is 3.13. The van der Waals surface area contributed by atoms with Crippen LogP contribution in [0.25, 0.3) is 0 Å². The van der Waals surface area contributed by atoms with Crippen LogP contribution in [-0.2, 0) is 19.5 Å². The van der Waals surface area contributed by atoms with Gasteiger partial charge in [0.15, 0.2) is 0 Å². The molecular formula is C15H22N2OS. The number of likely N-dealkylation sites (N-methyl/N-ethyl adjacent to an activating group) is 1. The van der Waals surface area contributed by atoms with Crippen LogP contribution in [0.1, 0.15) is 23.1 Å². The second kappa shape index (κ2) is 7.48. The lowest BCUT2D eigenvalue weighted by atomic mass is 10.2. The first kappa shape index (κ1) is 14.3. The van der Waals surface area contributed by atoms with E-state index in [9.17, 15) is 0 Å². The fourth-order valence-corrected chi connectivity index (χ4v) is 2.70. The van der Waals surface area contributed by atoms with E-state index in [2.05, 4.69) is 47.8 Å². The number of furan rings is 1. The molecule has 3 nitrogen and oxygen atoms in total. The molecule has 0 atom stereocenters. The summed E-state index contributed by atoms with van der Waals surface area (Å²) in [7, 11) is 2.15. The first-order valence-electron chi connectivity index (χ1n) is 6.76. The van der Waals surface area contributed by atoms with Crippen LogP contribution in [0.3, 0.4) is 0 Å². The van der Waals surface area contributed by atoms with Gasteiger partial charge in [0.1, 0.15) is 5.76 Å². The summed E-state index contributed by atoms with van der Waals surface area (Å²) in [4.78, 5) is 3.76. The van der Waals surface area contributed by atoms with Crippen LogP contribution < -0.4 is 5.32 Å². The van der Waals surface area contributed by atoms with E-state index in [4.69, 9.17) is 4.42 Å². The van der Waals surface area contributed by atoms with Gasteiger partial charge in [0.2, 0.25) is 0 Å². The van der Waals surface area contributed by atoms with Crippen LogP contribution in [0.5, 0.6) is 0 Å². The Kier molecular flexibility index (Phi) is 5.63. The Morgan fingerprint density at radius 1 is 1.37 bits per heavy atom. The summed E-state index contributed by atoms with van der Waals surface area (Å²) < 4.78 is 5.59. The number of hydrogen-bond donors (Lipinski definition) is 1. The van der Waals surface area contributed by atoms with Crippen molar-refractivity contribution < 1.29 is 4.42 Å². The minimum atomic E-state index is 0.874. The minimum absolute atomic E-state index is 0.874. The highest BCUT2D eigenvalue weighted by atomic mass is 32.1. The maximum Gasteiger partial charge on any atom is 0.122 e. The summed E-state index contributed by atoms with van der Waals surface area (Å²) in [5.41, 5.74) is 1.27. The van der Waals surface area contributed by atoms with E-state index in [1.807, 2.05) is 11.3 Å². The van der Waals surface area contributed by atoms with Gasteiger partial charge < -0.3 is 9.73 Å². The second-order valence-corrected chi connectivity index (χ2v) is 5.75. The fraction of sp³-hybridized carbons (Fsp3) is 0.467. The van der Waals surface area contributed by atoms with Crippen molar-refractivity contribution in [3.05, 3.63) is 46.0 Å². The Bertz CT molecular complexity index is 464. The average Bonchev–Trinajstić information content (AvgIpc) is 3.05. The van der Waals surface area contributed by atoms with Crippen molar-refractivity contribution in [3.63, 3.8) is 0 Å². The smallest absolute Gasteiger partial charge is 0.122 e. The molecule has 0 saturated carbocycles. The van der Waals surface area contributed by atoms with Crippen molar-refractivity contribution in [2.45, 2.75) is 26.4 Å². The average molecular weight is 278 g/mol. The summed E-state index contributed by atoms with van der Waals surface area (Å²) >= 11 is 1.83. The lowest BCUT2D eigenvalue weighted by molar-refractivity contribution is 0.297. The van der Waals surface area contributed by atoms with Crippen molar-refractivity contribution in [2.75, 3.05) is 20.1 Å². The lowest BCUT2D eigenvalue weighted by Gasteiger charge is -2.15. The van der Waals surface area contributed by atoms with Gasteiger partial charge in [0, 0.05) is 23.5 Å². The van der Waals surface area contributed by atoms with Crippen LogP contribution in [0, 0.1) is 0 Å². The molecule has 19 heavy (non-hydrogen) atoms. The van der Waals surface area contributed by atoms with E-state index in [1.54, 1.807) is 6.26 Å². The Hall–Kier alpha value is -1.10. The molecule has 0 aliphatic carbocycles. The first-order valence-corrected chi connectivity index (χ1v) is 7.64. The molecule has 0 amide bonds. The standard InChI is InChI=1S/C15H22N2OS/c1-3-16-11-13-7-9-18-15(13)12-17(2)8-6-14-5-4-10-19-14/h4-5,7,9-10,16H,3,6,8,11-12H2,1-2H3. The third-order valence-electron chi connectivity index (χ3n) is 3.14. The van der Waals surface area contributed by atoms with E-state index in [0.717, 1.165) is 38.4 Å². The quantitative estimate of drug-likeness (QED) is 0.804. The molecule has 4 heteroatoms. The molecule has 2 heterocycles. The van der Waals surface area contributed by atoms with Gasteiger partial charge in [-0.25, -0.2) is 0 Å². The van der Waals surface area contributed by atoms with Gasteiger partial charge in [-0.05, 0) is 37.5 Å². The molecule has 0 aliphatic heterocycles. The molecule has 2 rings (SSSR count). The summed E-state index contributed by atoms with van der Waals surface area (Å²) in [5, 5.41) is 5.48. The van der Waals surface area contributed by atoms with E-state index in [0.29, 0.717) is 0 Å². The van der Waals surface area contributed by atoms with Crippen molar-refractivity contribution in [3.8, 4) is 0 Å². The SMILES string of the molecule is CCNCc1ccoc1CN(C)CCc1cccs1. The molecule has 0 aliphatic rings. The molecule has 1 N–H and O–H groups in total. The van der Waals surface area contributed by atoms with E-state index in [-0.39, 0.29) is 0 Å². The van der Waals surface area contributed by atoms with Gasteiger partial charge in [0.25, 0.3) is 0 Å². The molecule has 104 valence electrons. The highest BCUT2D eigenvalue weighted by Gasteiger charge is 2.09. The van der Waals surface area contributed by atoms with E-state index >= 15 is 0 Å². The zero-order valence-corrected chi connectivity index (χ0v) is 12.5. The summed E-state index contributed by atoms with van der Waals surface area (Å²) in [5.74, 6) is 1.08. The van der Waals surface area contributed by atoms with Gasteiger partial charge in [0.05, 0.1) is 12.8 Å². The number of rotatable bonds is 8. The third kappa shape index (κ3) is 4.49. The Morgan fingerprint density at radius 2 is 2.26 bits per heavy atom. The normalized spacial score (nSPS) is 11.3. The zero-order valence-electron chi connectivity index (χ0n) is 11.7. The molecule has 0 bridgehead atoms. The minimum Gasteiger partial charge on any atom is -0.468 e. The summed E-state index contributed by atoms with van der Waals surface area (Å²) in [6, 6.07) is 6.37. The largest absolute Gasteiger partial charge is 0.468 e. The molecule has 0 aromatic carbocycles. The maximum absolute atomic E-state index is 5.59. The van der Waals surface area contributed by atoms with Gasteiger partial charge >= 0.3 is 0 Å². The third-order valence-corrected chi connectivity index (χ3v) is 4.07. The molecule has 2 aromatic rings. The molecule has 0 unspecified atom stereocenters. The second-order valence-electron chi connectivity index (χ2n) is 4.72. The van der Waals surface area contributed by atoms with Crippen LogP contribution in [-0.4, -0.2) is 25.0 Å². The number of hydrogen-bond acceptors (Lipinski definition) is 4. The molecule has 0 spiro atoms. The fourth-order valence-electron chi connectivity index (χ4n) is 2.00. The molecule has 0 fully saturated rings. The van der Waals surface area contributed by atoms with E-state index in [1.165, 1.54) is 10.4 Å². The Morgan fingerprint density at radius 3 is 3.00 bits per heavy atom. The van der Waals surface area contributed by atoms with Crippen molar-refractivity contribution >= 4 is 11.3 Å². The number of thiophene rings is 1. The topological polar surface area (TPSA) is 28.4 Å². The molecular weight excluding hydrogens is 256 g/mol. The number of nitrogens with one attached hydrogen (secondary N) is 1. The van der Waals surface area contributed by atoms with Gasteiger partial charge in [-0.2, -0.15) is 0 Å². The van der Waals surface area contributed by atoms with Crippen LogP contribution >= 0.6 is 11.3 Å². The highest BCUT2D eigenvalue weighted by Crippen LogP contribution is 2.14. The molecule has 0 radical (unpaired) electrons. The predicted molar refractivity (Wildman–Crippen MR) is 80.4 cm³/mol. The monoisotopic (exact) mass is 278 g/mol. The van der Waals surface area contributed by atoms with Gasteiger partial charge in [-0.1, -0.05) is 13.0 Å². The van der Waals surface area contributed by atoms with Crippen LogP contribution in [0.15, 0.2) is 34.3 Å². The molecule has 2 aromatic heterocycles. The Balaban J connectivity index is 1.81. The maximum atomic E-state index is 5.59. The first-order chi connectivity index (χ1) is 9.29. The Labute approximate surface area is 119 Å². The summed E-state index contributed by atoms with van der Waals surface area (Å²) in [6.45, 7) is 5.92. The zero-order chi connectivity index (χ0) is 13.5. The van der Waals surface area contributed by atoms with Gasteiger partial charge in [-0.3, -0.25) is 4.90 Å². The van der Waals surface area contributed by atoms with E-state index < -0.39 is 0 Å². The van der Waals surface area contributed by atoms with Crippen molar-refractivity contribution in [2.24, 2.45) is 0 Å². The van der Waals surface area contributed by atoms with Crippen molar-refractivity contribution in [1.82, 2.24) is 10.2 Å².